The quantitative estimate of drug-likeness (QED) is 0.566. The van der Waals surface area contributed by atoms with Gasteiger partial charge in [-0.2, -0.15) is 0 Å². The Hall–Kier alpha value is -1.88. The molecule has 0 aliphatic carbocycles. The summed E-state index contributed by atoms with van der Waals surface area (Å²) in [5.74, 6) is -2.70. The fourth-order valence-corrected chi connectivity index (χ4v) is 1.83. The van der Waals surface area contributed by atoms with Crippen LogP contribution < -0.4 is 5.32 Å². The second-order valence-corrected chi connectivity index (χ2v) is 3.74. The van der Waals surface area contributed by atoms with Gasteiger partial charge in [0, 0.05) is 20.4 Å². The van der Waals surface area contributed by atoms with Gasteiger partial charge in [0.05, 0.1) is 5.56 Å². The van der Waals surface area contributed by atoms with Crippen LogP contribution >= 0.6 is 0 Å². The first-order valence-electron chi connectivity index (χ1n) is 5.20. The van der Waals surface area contributed by atoms with E-state index in [9.17, 15) is 9.59 Å². The molecule has 0 N–H and O–H groups in total. The molecule has 1 aliphatic heterocycles. The average molecular weight is 234 g/mol. The van der Waals surface area contributed by atoms with E-state index < -0.39 is 17.8 Å². The SMILES string of the molecule is CC(=O)OC1(OC(C)=O)[N]Cc2ccccc21. The number of esters is 2. The number of hydrogen-bond donors (Lipinski definition) is 0. The number of hydrogen-bond acceptors (Lipinski definition) is 4. The second-order valence-electron chi connectivity index (χ2n) is 3.74. The summed E-state index contributed by atoms with van der Waals surface area (Å²) in [6, 6.07) is 7.22. The Labute approximate surface area is 98.7 Å². The van der Waals surface area contributed by atoms with Crippen LogP contribution in [0.25, 0.3) is 0 Å². The first kappa shape index (κ1) is 11.6. The van der Waals surface area contributed by atoms with Crippen LogP contribution in [0, 0.1) is 0 Å². The molecular weight excluding hydrogens is 222 g/mol. The van der Waals surface area contributed by atoms with Crippen LogP contribution in [0.2, 0.25) is 0 Å². The van der Waals surface area contributed by atoms with Gasteiger partial charge in [-0.25, -0.2) is 0 Å². The van der Waals surface area contributed by atoms with Crippen molar-refractivity contribution in [3.63, 3.8) is 0 Å². The lowest BCUT2D eigenvalue weighted by Crippen LogP contribution is -2.40. The molecule has 0 spiro atoms. The van der Waals surface area contributed by atoms with Crippen molar-refractivity contribution >= 4 is 11.9 Å². The van der Waals surface area contributed by atoms with Crippen molar-refractivity contribution in [3.8, 4) is 0 Å². The highest BCUT2D eigenvalue weighted by atomic mass is 16.7. The molecule has 1 aliphatic rings. The standard InChI is InChI=1S/C12H12NO4/c1-8(14)16-12(17-9(2)15)11-6-4-3-5-10(11)7-13-12/h3-6H,7H2,1-2H3. The Kier molecular flexibility index (Phi) is 2.85. The molecule has 1 aromatic carbocycles. The van der Waals surface area contributed by atoms with Crippen LogP contribution in [-0.4, -0.2) is 11.9 Å². The molecule has 0 atom stereocenters. The van der Waals surface area contributed by atoms with Crippen molar-refractivity contribution in [1.82, 2.24) is 5.32 Å². The van der Waals surface area contributed by atoms with E-state index in [-0.39, 0.29) is 0 Å². The molecule has 0 aromatic heterocycles. The molecule has 17 heavy (non-hydrogen) atoms. The molecule has 0 fully saturated rings. The van der Waals surface area contributed by atoms with E-state index in [1.165, 1.54) is 13.8 Å². The van der Waals surface area contributed by atoms with Crippen LogP contribution in [0.1, 0.15) is 25.0 Å². The molecule has 1 aromatic rings. The number of rotatable bonds is 2. The van der Waals surface area contributed by atoms with Crippen LogP contribution in [0.5, 0.6) is 0 Å². The largest absolute Gasteiger partial charge is 0.403 e. The van der Waals surface area contributed by atoms with Crippen LogP contribution in [-0.2, 0) is 31.5 Å². The lowest BCUT2D eigenvalue weighted by molar-refractivity contribution is -0.243. The average Bonchev–Trinajstić information content (AvgIpc) is 2.56. The summed E-state index contributed by atoms with van der Waals surface area (Å²) in [6.07, 6.45) is 0. The Morgan fingerprint density at radius 1 is 1.18 bits per heavy atom. The third-order valence-corrected chi connectivity index (χ3v) is 2.38. The van der Waals surface area contributed by atoms with Gasteiger partial charge in [0.2, 0.25) is 0 Å². The summed E-state index contributed by atoms with van der Waals surface area (Å²) in [7, 11) is 0. The fraction of sp³-hybridized carbons (Fsp3) is 0.333. The number of carbonyl (C=O) groups is 2. The Morgan fingerprint density at radius 2 is 1.76 bits per heavy atom. The van der Waals surface area contributed by atoms with Crippen molar-refractivity contribution in [3.05, 3.63) is 35.4 Å². The highest BCUT2D eigenvalue weighted by molar-refractivity contribution is 5.69. The third-order valence-electron chi connectivity index (χ3n) is 2.38. The minimum Gasteiger partial charge on any atom is -0.403 e. The summed E-state index contributed by atoms with van der Waals surface area (Å²) in [6.45, 7) is 2.86. The molecule has 89 valence electrons. The van der Waals surface area contributed by atoms with Crippen LogP contribution in [0.4, 0.5) is 0 Å². The predicted molar refractivity (Wildman–Crippen MR) is 57.5 cm³/mol. The summed E-state index contributed by atoms with van der Waals surface area (Å²) in [5, 5.41) is 4.13. The number of ether oxygens (including phenoxy) is 2. The van der Waals surface area contributed by atoms with Gasteiger partial charge >= 0.3 is 17.8 Å². The molecule has 5 heteroatoms. The van der Waals surface area contributed by atoms with Gasteiger partial charge in [-0.15, -0.1) is 5.32 Å². The zero-order valence-corrected chi connectivity index (χ0v) is 9.60. The third kappa shape index (κ3) is 2.14. The van der Waals surface area contributed by atoms with Crippen molar-refractivity contribution in [2.45, 2.75) is 26.3 Å². The summed E-state index contributed by atoms with van der Waals surface area (Å²) < 4.78 is 10.2. The fourth-order valence-electron chi connectivity index (χ4n) is 1.83. The monoisotopic (exact) mass is 234 g/mol. The van der Waals surface area contributed by atoms with E-state index >= 15 is 0 Å². The molecule has 0 saturated carbocycles. The molecule has 0 saturated heterocycles. The maximum absolute atomic E-state index is 11.1. The normalized spacial score (nSPS) is 16.1. The van der Waals surface area contributed by atoms with Crippen molar-refractivity contribution in [1.29, 1.82) is 0 Å². The zero-order valence-electron chi connectivity index (χ0n) is 9.60. The summed E-state index contributed by atoms with van der Waals surface area (Å²) >= 11 is 0. The van der Waals surface area contributed by atoms with Gasteiger partial charge in [-0.1, -0.05) is 18.2 Å². The number of benzene rings is 1. The van der Waals surface area contributed by atoms with Crippen molar-refractivity contribution < 1.29 is 19.1 Å². The van der Waals surface area contributed by atoms with E-state index in [2.05, 4.69) is 5.32 Å². The predicted octanol–water partition coefficient (Wildman–Crippen LogP) is 1.04. The lowest BCUT2D eigenvalue weighted by Gasteiger charge is -2.27. The van der Waals surface area contributed by atoms with Gasteiger partial charge in [0.15, 0.2) is 0 Å². The number of fused-ring (bicyclic) bond motifs is 1. The van der Waals surface area contributed by atoms with Gasteiger partial charge < -0.3 is 9.47 Å². The Bertz CT molecular complexity index is 453. The highest BCUT2D eigenvalue weighted by Gasteiger charge is 2.46. The van der Waals surface area contributed by atoms with Gasteiger partial charge in [-0.05, 0) is 11.6 Å². The van der Waals surface area contributed by atoms with E-state index in [4.69, 9.17) is 9.47 Å². The van der Waals surface area contributed by atoms with Crippen LogP contribution in [0.3, 0.4) is 0 Å². The van der Waals surface area contributed by atoms with Gasteiger partial charge in [0.1, 0.15) is 0 Å². The maximum atomic E-state index is 11.1. The smallest absolute Gasteiger partial charge is 0.362 e. The van der Waals surface area contributed by atoms with E-state index in [1.807, 2.05) is 12.1 Å². The van der Waals surface area contributed by atoms with E-state index in [0.717, 1.165) is 5.56 Å². The van der Waals surface area contributed by atoms with E-state index in [1.54, 1.807) is 12.1 Å². The topological polar surface area (TPSA) is 66.7 Å². The minimum atomic E-state index is -1.60. The first-order chi connectivity index (χ1) is 8.03. The first-order valence-corrected chi connectivity index (χ1v) is 5.20. The lowest BCUT2D eigenvalue weighted by atomic mass is 10.1. The zero-order chi connectivity index (χ0) is 12.5. The highest BCUT2D eigenvalue weighted by Crippen LogP contribution is 2.35. The van der Waals surface area contributed by atoms with Gasteiger partial charge in [-0.3, -0.25) is 9.59 Å². The Morgan fingerprint density at radius 3 is 2.35 bits per heavy atom. The van der Waals surface area contributed by atoms with Gasteiger partial charge in [0.25, 0.3) is 0 Å². The molecule has 0 unspecified atom stereocenters. The molecule has 1 radical (unpaired) electrons. The molecule has 1 heterocycles. The van der Waals surface area contributed by atoms with Crippen molar-refractivity contribution in [2.24, 2.45) is 0 Å². The summed E-state index contributed by atoms with van der Waals surface area (Å²) in [5.41, 5.74) is 1.49. The maximum Gasteiger partial charge on any atom is 0.362 e. The number of nitrogens with zero attached hydrogens (tertiary/aromatic N) is 1. The summed E-state index contributed by atoms with van der Waals surface area (Å²) in [4.78, 5) is 22.2. The minimum absolute atomic E-state index is 0.358. The molecule has 0 amide bonds. The van der Waals surface area contributed by atoms with Crippen LogP contribution in [0.15, 0.2) is 24.3 Å². The second kappa shape index (κ2) is 4.18. The molecule has 2 rings (SSSR count). The molecule has 0 bridgehead atoms. The molecular formula is C12H12NO4. The van der Waals surface area contributed by atoms with Crippen molar-refractivity contribution in [2.75, 3.05) is 0 Å². The Balaban J connectivity index is 2.42. The molecule has 5 nitrogen and oxygen atoms in total. The van der Waals surface area contributed by atoms with E-state index in [0.29, 0.717) is 12.1 Å². The number of carbonyl (C=O) groups excluding carboxylic acids is 2.